The van der Waals surface area contributed by atoms with Gasteiger partial charge in [-0.15, -0.1) is 0 Å². The van der Waals surface area contributed by atoms with Crippen molar-refractivity contribution in [2.75, 3.05) is 5.73 Å². The highest BCUT2D eigenvalue weighted by Gasteiger charge is 2.22. The Morgan fingerprint density at radius 2 is 2.14 bits per heavy atom. The summed E-state index contributed by atoms with van der Waals surface area (Å²) in [6.07, 6.45) is 6.41. The number of anilines is 1. The smallest absolute Gasteiger partial charge is 0.0574 e. The maximum atomic E-state index is 5.73. The van der Waals surface area contributed by atoms with E-state index in [0.29, 0.717) is 6.04 Å². The van der Waals surface area contributed by atoms with E-state index in [9.17, 15) is 0 Å². The predicted molar refractivity (Wildman–Crippen MR) is 86.9 cm³/mol. The Bertz CT molecular complexity index is 592. The zero-order valence-corrected chi connectivity index (χ0v) is 12.5. The first-order valence-corrected chi connectivity index (χ1v) is 7.83. The summed E-state index contributed by atoms with van der Waals surface area (Å²) in [6, 6.07) is 13.5. The van der Waals surface area contributed by atoms with Crippen molar-refractivity contribution in [3.05, 3.63) is 59.4 Å². The van der Waals surface area contributed by atoms with E-state index in [2.05, 4.69) is 41.5 Å². The second kappa shape index (κ2) is 6.27. The van der Waals surface area contributed by atoms with Gasteiger partial charge in [0.05, 0.1) is 17.6 Å². The number of nitrogen functional groups attached to an aromatic ring is 1. The number of hydrogen-bond donors (Lipinski definition) is 2. The van der Waals surface area contributed by atoms with Crippen molar-refractivity contribution in [2.24, 2.45) is 0 Å². The molecule has 110 valence electrons. The van der Waals surface area contributed by atoms with Crippen molar-refractivity contribution in [1.29, 1.82) is 0 Å². The van der Waals surface area contributed by atoms with E-state index in [0.717, 1.165) is 17.8 Å². The average Bonchev–Trinajstić information content (AvgIpc) is 2.54. The summed E-state index contributed by atoms with van der Waals surface area (Å²) in [6.45, 7) is 2.20. The number of benzene rings is 1. The highest BCUT2D eigenvalue weighted by Crippen LogP contribution is 2.32. The Kier molecular flexibility index (Phi) is 4.20. The van der Waals surface area contributed by atoms with Crippen LogP contribution in [0.1, 0.15) is 55.1 Å². The lowest BCUT2D eigenvalue weighted by atomic mass is 9.87. The first-order valence-electron chi connectivity index (χ1n) is 7.83. The van der Waals surface area contributed by atoms with Crippen LogP contribution < -0.4 is 11.1 Å². The van der Waals surface area contributed by atoms with Crippen molar-refractivity contribution in [2.45, 2.75) is 44.7 Å². The standard InChI is InChI=1S/C18H23N3/c1-2-16(18-11-10-14(19)12-20-18)21-17-9-5-7-13-6-3-4-8-15(13)17/h3-4,6,8,10-12,16-17,21H,2,5,7,9,19H2,1H3. The first-order chi connectivity index (χ1) is 10.3. The number of pyridine rings is 1. The lowest BCUT2D eigenvalue weighted by Gasteiger charge is -2.30. The quantitative estimate of drug-likeness (QED) is 0.896. The van der Waals surface area contributed by atoms with Gasteiger partial charge in [-0.05, 0) is 48.9 Å². The van der Waals surface area contributed by atoms with Crippen molar-refractivity contribution >= 4 is 5.69 Å². The van der Waals surface area contributed by atoms with Crippen molar-refractivity contribution in [3.63, 3.8) is 0 Å². The van der Waals surface area contributed by atoms with Crippen molar-refractivity contribution in [3.8, 4) is 0 Å². The number of aromatic nitrogens is 1. The molecule has 0 bridgehead atoms. The van der Waals surface area contributed by atoms with Crippen LogP contribution >= 0.6 is 0 Å². The third-order valence-corrected chi connectivity index (χ3v) is 4.35. The second-order valence-electron chi connectivity index (χ2n) is 5.79. The van der Waals surface area contributed by atoms with Gasteiger partial charge in [0.15, 0.2) is 0 Å². The van der Waals surface area contributed by atoms with Crippen molar-refractivity contribution in [1.82, 2.24) is 10.3 Å². The van der Waals surface area contributed by atoms with E-state index in [1.807, 2.05) is 12.1 Å². The lowest BCUT2D eigenvalue weighted by Crippen LogP contribution is -2.29. The molecule has 0 spiro atoms. The topological polar surface area (TPSA) is 50.9 Å². The molecule has 1 aromatic heterocycles. The largest absolute Gasteiger partial charge is 0.397 e. The summed E-state index contributed by atoms with van der Waals surface area (Å²) in [5.41, 5.74) is 10.5. The highest BCUT2D eigenvalue weighted by molar-refractivity contribution is 5.36. The molecule has 3 nitrogen and oxygen atoms in total. The molecule has 2 unspecified atom stereocenters. The minimum Gasteiger partial charge on any atom is -0.397 e. The second-order valence-corrected chi connectivity index (χ2v) is 5.79. The molecule has 0 amide bonds. The molecule has 3 heteroatoms. The molecule has 21 heavy (non-hydrogen) atoms. The molecule has 0 saturated carbocycles. The van der Waals surface area contributed by atoms with Crippen LogP contribution in [0.5, 0.6) is 0 Å². The molecule has 1 heterocycles. The van der Waals surface area contributed by atoms with Crippen LogP contribution in [0, 0.1) is 0 Å². The minimum absolute atomic E-state index is 0.279. The minimum atomic E-state index is 0.279. The fourth-order valence-electron chi connectivity index (χ4n) is 3.21. The molecule has 0 fully saturated rings. The number of aryl methyl sites for hydroxylation is 1. The molecular formula is C18H23N3. The summed E-state index contributed by atoms with van der Waals surface area (Å²) in [5, 5.41) is 3.79. The zero-order valence-electron chi connectivity index (χ0n) is 12.5. The van der Waals surface area contributed by atoms with Gasteiger partial charge in [-0.3, -0.25) is 4.98 Å². The summed E-state index contributed by atoms with van der Waals surface area (Å²) >= 11 is 0. The van der Waals surface area contributed by atoms with Crippen LogP contribution in [0.15, 0.2) is 42.6 Å². The van der Waals surface area contributed by atoms with Gasteiger partial charge in [0.1, 0.15) is 0 Å². The molecule has 0 aliphatic heterocycles. The van der Waals surface area contributed by atoms with Gasteiger partial charge < -0.3 is 11.1 Å². The number of nitrogens with one attached hydrogen (secondary N) is 1. The molecular weight excluding hydrogens is 258 g/mol. The number of rotatable bonds is 4. The van der Waals surface area contributed by atoms with E-state index in [4.69, 9.17) is 5.73 Å². The number of nitrogens with two attached hydrogens (primary N) is 1. The third kappa shape index (κ3) is 3.08. The average molecular weight is 281 g/mol. The van der Waals surface area contributed by atoms with Crippen LogP contribution in [0.25, 0.3) is 0 Å². The normalized spacial score (nSPS) is 19.0. The van der Waals surface area contributed by atoms with Gasteiger partial charge in [-0.1, -0.05) is 31.2 Å². The maximum absolute atomic E-state index is 5.73. The Hall–Kier alpha value is -1.87. The van der Waals surface area contributed by atoms with Crippen LogP contribution in [0.3, 0.4) is 0 Å². The predicted octanol–water partition coefficient (Wildman–Crippen LogP) is 3.78. The Morgan fingerprint density at radius 3 is 2.90 bits per heavy atom. The highest BCUT2D eigenvalue weighted by atomic mass is 15.0. The van der Waals surface area contributed by atoms with Crippen molar-refractivity contribution < 1.29 is 0 Å². The van der Waals surface area contributed by atoms with E-state index >= 15 is 0 Å². The fourth-order valence-corrected chi connectivity index (χ4v) is 3.21. The van der Waals surface area contributed by atoms with Gasteiger partial charge in [-0.25, -0.2) is 0 Å². The third-order valence-electron chi connectivity index (χ3n) is 4.35. The molecule has 0 radical (unpaired) electrons. The molecule has 0 saturated heterocycles. The van der Waals surface area contributed by atoms with E-state index in [1.54, 1.807) is 6.20 Å². The van der Waals surface area contributed by atoms with Gasteiger partial charge in [0.2, 0.25) is 0 Å². The van der Waals surface area contributed by atoms with Gasteiger partial charge in [0.25, 0.3) is 0 Å². The van der Waals surface area contributed by atoms with Crippen LogP contribution in [0.2, 0.25) is 0 Å². The summed E-state index contributed by atoms with van der Waals surface area (Å²) in [5.74, 6) is 0. The van der Waals surface area contributed by atoms with Gasteiger partial charge in [0, 0.05) is 12.1 Å². The number of fused-ring (bicyclic) bond motifs is 1. The molecule has 2 atom stereocenters. The van der Waals surface area contributed by atoms with Crippen LogP contribution in [-0.4, -0.2) is 4.98 Å². The lowest BCUT2D eigenvalue weighted by molar-refractivity contribution is 0.388. The van der Waals surface area contributed by atoms with E-state index in [1.165, 1.54) is 30.4 Å². The van der Waals surface area contributed by atoms with Gasteiger partial charge in [-0.2, -0.15) is 0 Å². The SMILES string of the molecule is CCC(NC1CCCc2ccccc21)c1ccc(N)cn1. The summed E-state index contributed by atoms with van der Waals surface area (Å²) < 4.78 is 0. The maximum Gasteiger partial charge on any atom is 0.0574 e. The first kappa shape index (κ1) is 14.1. The molecule has 1 aliphatic rings. The monoisotopic (exact) mass is 281 g/mol. The summed E-state index contributed by atoms with van der Waals surface area (Å²) in [4.78, 5) is 4.48. The molecule has 1 aliphatic carbocycles. The Morgan fingerprint density at radius 1 is 1.29 bits per heavy atom. The number of nitrogens with zero attached hydrogens (tertiary/aromatic N) is 1. The molecule has 1 aromatic carbocycles. The van der Waals surface area contributed by atoms with E-state index in [-0.39, 0.29) is 6.04 Å². The Labute approximate surface area is 126 Å². The molecule has 3 rings (SSSR count). The van der Waals surface area contributed by atoms with E-state index < -0.39 is 0 Å². The van der Waals surface area contributed by atoms with Crippen LogP contribution in [0.4, 0.5) is 5.69 Å². The van der Waals surface area contributed by atoms with Gasteiger partial charge >= 0.3 is 0 Å². The van der Waals surface area contributed by atoms with Crippen LogP contribution in [-0.2, 0) is 6.42 Å². The fraction of sp³-hybridized carbons (Fsp3) is 0.389. The number of hydrogen-bond acceptors (Lipinski definition) is 3. The molecule has 3 N–H and O–H groups in total. The zero-order chi connectivity index (χ0) is 14.7. The molecule has 2 aromatic rings. The Balaban J connectivity index is 1.80. The summed E-state index contributed by atoms with van der Waals surface area (Å²) in [7, 11) is 0.